The predicted octanol–water partition coefficient (Wildman–Crippen LogP) is 2.26. The van der Waals surface area contributed by atoms with Gasteiger partial charge in [-0.3, -0.25) is 0 Å². The highest BCUT2D eigenvalue weighted by Crippen LogP contribution is 2.17. The minimum Gasteiger partial charge on any atom is -0.460 e. The first-order valence-electron chi connectivity index (χ1n) is 5.48. The van der Waals surface area contributed by atoms with Crippen LogP contribution in [0.15, 0.2) is 36.5 Å². The molecule has 0 unspecified atom stereocenters. The zero-order valence-corrected chi connectivity index (χ0v) is 9.88. The fraction of sp³-hybridized carbons (Fsp3) is 0.231. The van der Waals surface area contributed by atoms with Crippen LogP contribution in [0.3, 0.4) is 0 Å². The summed E-state index contributed by atoms with van der Waals surface area (Å²) in [6.07, 6.45) is 1.82. The summed E-state index contributed by atoms with van der Waals surface area (Å²) in [4.78, 5) is 15.9. The van der Waals surface area contributed by atoms with Crippen LogP contribution in [0.4, 0.5) is 0 Å². The number of benzene rings is 1. The second kappa shape index (κ2) is 4.82. The van der Waals surface area contributed by atoms with Crippen LogP contribution in [-0.4, -0.2) is 22.1 Å². The summed E-state index contributed by atoms with van der Waals surface area (Å²) in [5, 5.41) is 0. The molecule has 0 aliphatic carbocycles. The molecule has 1 aromatic heterocycles. The smallest absolute Gasteiger partial charge is 0.374 e. The van der Waals surface area contributed by atoms with Crippen molar-refractivity contribution in [3.05, 3.63) is 42.4 Å². The molecular weight excluding hydrogens is 216 g/mol. The van der Waals surface area contributed by atoms with Crippen molar-refractivity contribution in [1.82, 2.24) is 9.55 Å². The van der Waals surface area contributed by atoms with E-state index in [1.54, 1.807) is 18.5 Å². The van der Waals surface area contributed by atoms with Crippen LogP contribution >= 0.6 is 0 Å². The molecule has 1 heterocycles. The number of ether oxygens (including phenoxy) is 1. The molecule has 0 aliphatic heterocycles. The highest BCUT2D eigenvalue weighted by Gasteiger charge is 2.15. The first-order valence-corrected chi connectivity index (χ1v) is 5.48. The van der Waals surface area contributed by atoms with Gasteiger partial charge in [0.1, 0.15) is 0 Å². The zero-order valence-electron chi connectivity index (χ0n) is 9.88. The van der Waals surface area contributed by atoms with Gasteiger partial charge in [0.25, 0.3) is 0 Å². The Morgan fingerprint density at radius 1 is 1.35 bits per heavy atom. The van der Waals surface area contributed by atoms with Crippen LogP contribution < -0.4 is 0 Å². The minimum absolute atomic E-state index is 0.325. The van der Waals surface area contributed by atoms with E-state index in [4.69, 9.17) is 4.74 Å². The van der Waals surface area contributed by atoms with Crippen molar-refractivity contribution < 1.29 is 9.53 Å². The highest BCUT2D eigenvalue weighted by molar-refractivity contribution is 5.86. The Kier molecular flexibility index (Phi) is 3.23. The summed E-state index contributed by atoms with van der Waals surface area (Å²) in [6.45, 7) is 2.13. The lowest BCUT2D eigenvalue weighted by atomic mass is 10.2. The number of aryl methyl sites for hydroxylation is 1. The number of carbonyl (C=O) groups is 1. The second-order valence-electron chi connectivity index (χ2n) is 3.65. The molecule has 0 saturated heterocycles. The van der Waals surface area contributed by atoms with Crippen molar-refractivity contribution in [3.8, 4) is 11.3 Å². The quantitative estimate of drug-likeness (QED) is 0.760. The highest BCUT2D eigenvalue weighted by atomic mass is 16.5. The Bertz CT molecular complexity index is 517. The van der Waals surface area contributed by atoms with E-state index in [2.05, 4.69) is 4.98 Å². The molecule has 17 heavy (non-hydrogen) atoms. The Morgan fingerprint density at radius 2 is 2.06 bits per heavy atom. The predicted molar refractivity (Wildman–Crippen MR) is 64.6 cm³/mol. The van der Waals surface area contributed by atoms with Gasteiger partial charge in [0.15, 0.2) is 0 Å². The largest absolute Gasteiger partial charge is 0.460 e. The molecule has 0 amide bonds. The third-order valence-electron chi connectivity index (χ3n) is 2.40. The Labute approximate surface area is 99.9 Å². The van der Waals surface area contributed by atoms with E-state index >= 15 is 0 Å². The van der Waals surface area contributed by atoms with Gasteiger partial charge >= 0.3 is 5.97 Å². The lowest BCUT2D eigenvalue weighted by molar-refractivity contribution is 0.0508. The summed E-state index contributed by atoms with van der Waals surface area (Å²) in [7, 11) is 1.78. The van der Waals surface area contributed by atoms with Crippen molar-refractivity contribution >= 4 is 5.97 Å². The summed E-state index contributed by atoms with van der Waals surface area (Å²) >= 11 is 0. The first kappa shape index (κ1) is 11.4. The number of hydrogen-bond donors (Lipinski definition) is 0. The van der Waals surface area contributed by atoms with E-state index in [0.717, 1.165) is 11.3 Å². The van der Waals surface area contributed by atoms with Crippen LogP contribution in [0, 0.1) is 0 Å². The Morgan fingerprint density at radius 3 is 2.71 bits per heavy atom. The molecule has 4 heteroatoms. The van der Waals surface area contributed by atoms with Crippen molar-refractivity contribution in [2.24, 2.45) is 7.05 Å². The molecule has 0 atom stereocenters. The fourth-order valence-electron chi connectivity index (χ4n) is 1.60. The maximum Gasteiger partial charge on any atom is 0.374 e. The number of carbonyl (C=O) groups excluding carboxylic acids is 1. The van der Waals surface area contributed by atoms with Crippen molar-refractivity contribution in [1.29, 1.82) is 0 Å². The molecule has 4 nitrogen and oxygen atoms in total. The molecule has 0 fully saturated rings. The molecule has 0 aliphatic rings. The summed E-state index contributed by atoms with van der Waals surface area (Å²) in [5.41, 5.74) is 1.76. The van der Waals surface area contributed by atoms with E-state index in [0.29, 0.717) is 12.4 Å². The molecule has 2 rings (SSSR count). The SMILES string of the molecule is CCOC(=O)c1nc(-c2ccccc2)cn1C. The standard InChI is InChI=1S/C13H14N2O2/c1-3-17-13(16)12-14-11(9-15(12)2)10-7-5-4-6-8-10/h4-9H,3H2,1-2H3. The average molecular weight is 230 g/mol. The number of imidazole rings is 1. The summed E-state index contributed by atoms with van der Waals surface area (Å²) < 4.78 is 6.62. The van der Waals surface area contributed by atoms with Gasteiger partial charge in [-0.1, -0.05) is 30.3 Å². The minimum atomic E-state index is -0.391. The lowest BCUT2D eigenvalue weighted by Gasteiger charge is -1.99. The van der Waals surface area contributed by atoms with Crippen LogP contribution in [0.2, 0.25) is 0 Å². The van der Waals surface area contributed by atoms with Crippen molar-refractivity contribution in [2.45, 2.75) is 6.92 Å². The summed E-state index contributed by atoms with van der Waals surface area (Å²) in [6, 6.07) is 9.73. The normalized spacial score (nSPS) is 10.2. The van der Waals surface area contributed by atoms with Gasteiger partial charge in [-0.2, -0.15) is 0 Å². The van der Waals surface area contributed by atoms with Gasteiger partial charge < -0.3 is 9.30 Å². The van der Waals surface area contributed by atoms with Gasteiger partial charge in [0, 0.05) is 18.8 Å². The van der Waals surface area contributed by atoms with E-state index in [1.807, 2.05) is 36.5 Å². The lowest BCUT2D eigenvalue weighted by Crippen LogP contribution is -2.10. The van der Waals surface area contributed by atoms with Crippen molar-refractivity contribution in [3.63, 3.8) is 0 Å². The average Bonchev–Trinajstić information content (AvgIpc) is 2.73. The van der Waals surface area contributed by atoms with E-state index in [1.165, 1.54) is 0 Å². The number of nitrogens with zero attached hydrogens (tertiary/aromatic N) is 2. The molecule has 2 aromatic rings. The number of esters is 1. The van der Waals surface area contributed by atoms with E-state index in [-0.39, 0.29) is 0 Å². The van der Waals surface area contributed by atoms with Crippen LogP contribution in [0.5, 0.6) is 0 Å². The van der Waals surface area contributed by atoms with Gasteiger partial charge in [0.2, 0.25) is 5.82 Å². The molecule has 1 aromatic carbocycles. The number of hydrogen-bond acceptors (Lipinski definition) is 3. The molecule has 0 saturated carbocycles. The molecule has 0 N–H and O–H groups in total. The second-order valence-corrected chi connectivity index (χ2v) is 3.65. The molecule has 0 spiro atoms. The topological polar surface area (TPSA) is 44.1 Å². The van der Waals surface area contributed by atoms with Gasteiger partial charge in [0.05, 0.1) is 12.3 Å². The fourth-order valence-corrected chi connectivity index (χ4v) is 1.60. The van der Waals surface area contributed by atoms with Crippen LogP contribution in [0.25, 0.3) is 11.3 Å². The number of aromatic nitrogens is 2. The zero-order chi connectivity index (χ0) is 12.3. The monoisotopic (exact) mass is 230 g/mol. The third-order valence-corrected chi connectivity index (χ3v) is 2.40. The van der Waals surface area contributed by atoms with Crippen LogP contribution in [-0.2, 0) is 11.8 Å². The van der Waals surface area contributed by atoms with Gasteiger partial charge in [-0.25, -0.2) is 9.78 Å². The van der Waals surface area contributed by atoms with Gasteiger partial charge in [-0.05, 0) is 6.92 Å². The van der Waals surface area contributed by atoms with Crippen molar-refractivity contribution in [2.75, 3.05) is 6.61 Å². The molecule has 88 valence electrons. The summed E-state index contributed by atoms with van der Waals surface area (Å²) in [5.74, 6) is -0.0668. The van der Waals surface area contributed by atoms with Crippen LogP contribution in [0.1, 0.15) is 17.5 Å². The molecular formula is C13H14N2O2. The number of rotatable bonds is 3. The Hall–Kier alpha value is -2.10. The van der Waals surface area contributed by atoms with Gasteiger partial charge in [-0.15, -0.1) is 0 Å². The Balaban J connectivity index is 2.34. The molecule has 0 bridgehead atoms. The third kappa shape index (κ3) is 2.36. The van der Waals surface area contributed by atoms with E-state index in [9.17, 15) is 4.79 Å². The maximum atomic E-state index is 11.6. The molecule has 0 radical (unpaired) electrons. The maximum absolute atomic E-state index is 11.6. The van der Waals surface area contributed by atoms with E-state index < -0.39 is 5.97 Å². The first-order chi connectivity index (χ1) is 8.22.